The van der Waals surface area contributed by atoms with E-state index in [0.717, 1.165) is 29.5 Å². The molecule has 3 heteroatoms. The number of hydrogen-bond donors (Lipinski definition) is 1. The van der Waals surface area contributed by atoms with Crippen LogP contribution in [0.3, 0.4) is 0 Å². The molecule has 1 heterocycles. The molecular weight excluding hydrogens is 329 g/mol. The highest BCUT2D eigenvalue weighted by Crippen LogP contribution is 2.40. The Hall–Kier alpha value is -1.19. The zero-order valence-corrected chi connectivity index (χ0v) is 13.7. The summed E-state index contributed by atoms with van der Waals surface area (Å²) in [5, 5.41) is 3.47. The fourth-order valence-electron chi connectivity index (χ4n) is 3.19. The maximum absolute atomic E-state index is 13.6. The van der Waals surface area contributed by atoms with Crippen molar-refractivity contribution in [3.8, 4) is 0 Å². The van der Waals surface area contributed by atoms with Gasteiger partial charge >= 0.3 is 0 Å². The van der Waals surface area contributed by atoms with Gasteiger partial charge in [0.25, 0.3) is 0 Å². The Bertz CT molecular complexity index is 624. The molecule has 3 rings (SSSR count). The highest BCUT2D eigenvalue weighted by atomic mass is 79.9. The van der Waals surface area contributed by atoms with Crippen molar-refractivity contribution in [3.05, 3.63) is 69.4 Å². The molecule has 2 aromatic carbocycles. The molecule has 2 atom stereocenters. The molecule has 1 nitrogen and oxygen atoms in total. The Morgan fingerprint density at radius 2 is 1.86 bits per heavy atom. The van der Waals surface area contributed by atoms with Crippen LogP contribution in [0.25, 0.3) is 0 Å². The number of piperidine rings is 1. The standard InChI is InChI=1S/C18H19BrFN/c1-12-2-4-13(5-3-12)17-11-21-9-8-15(17)16-10-14(20)6-7-18(16)19/h2-7,10,15,17,21H,8-9,11H2,1H3. The van der Waals surface area contributed by atoms with E-state index in [-0.39, 0.29) is 5.82 Å². The lowest BCUT2D eigenvalue weighted by Gasteiger charge is -2.33. The van der Waals surface area contributed by atoms with Crippen molar-refractivity contribution >= 4 is 15.9 Å². The summed E-state index contributed by atoms with van der Waals surface area (Å²) in [7, 11) is 0. The molecule has 0 aliphatic carbocycles. The monoisotopic (exact) mass is 347 g/mol. The van der Waals surface area contributed by atoms with E-state index in [1.165, 1.54) is 17.2 Å². The summed E-state index contributed by atoms with van der Waals surface area (Å²) in [5.41, 5.74) is 3.68. The van der Waals surface area contributed by atoms with Gasteiger partial charge in [0, 0.05) is 16.9 Å². The predicted molar refractivity (Wildman–Crippen MR) is 88.2 cm³/mol. The first kappa shape index (κ1) is 14.7. The molecule has 0 radical (unpaired) electrons. The Kier molecular flexibility index (Phi) is 4.41. The molecule has 2 unspecified atom stereocenters. The molecule has 1 fully saturated rings. The van der Waals surface area contributed by atoms with Gasteiger partial charge < -0.3 is 5.32 Å². The lowest BCUT2D eigenvalue weighted by atomic mass is 9.77. The summed E-state index contributed by atoms with van der Waals surface area (Å²) in [6.07, 6.45) is 1.03. The average molecular weight is 348 g/mol. The van der Waals surface area contributed by atoms with E-state index in [2.05, 4.69) is 52.4 Å². The van der Waals surface area contributed by atoms with E-state index in [1.54, 1.807) is 6.07 Å². The average Bonchev–Trinajstić information content (AvgIpc) is 2.51. The van der Waals surface area contributed by atoms with Crippen molar-refractivity contribution in [3.63, 3.8) is 0 Å². The van der Waals surface area contributed by atoms with Crippen LogP contribution in [-0.4, -0.2) is 13.1 Å². The fraction of sp³-hybridized carbons (Fsp3) is 0.333. The van der Waals surface area contributed by atoms with Gasteiger partial charge in [0.05, 0.1) is 0 Å². The van der Waals surface area contributed by atoms with Gasteiger partial charge in [0.1, 0.15) is 5.82 Å². The largest absolute Gasteiger partial charge is 0.316 e. The smallest absolute Gasteiger partial charge is 0.123 e. The molecule has 0 saturated carbocycles. The summed E-state index contributed by atoms with van der Waals surface area (Å²) >= 11 is 3.59. The van der Waals surface area contributed by atoms with Crippen LogP contribution in [0, 0.1) is 12.7 Å². The summed E-state index contributed by atoms with van der Waals surface area (Å²) < 4.78 is 14.7. The first-order valence-corrected chi connectivity index (χ1v) is 8.16. The third-order valence-corrected chi connectivity index (χ3v) is 5.07. The third kappa shape index (κ3) is 3.19. The normalized spacial score (nSPS) is 22.2. The van der Waals surface area contributed by atoms with E-state index in [0.29, 0.717) is 11.8 Å². The van der Waals surface area contributed by atoms with Crippen molar-refractivity contribution in [1.29, 1.82) is 0 Å². The zero-order valence-electron chi connectivity index (χ0n) is 12.1. The number of rotatable bonds is 2. The van der Waals surface area contributed by atoms with Crippen LogP contribution >= 0.6 is 15.9 Å². The number of benzene rings is 2. The lowest BCUT2D eigenvalue weighted by molar-refractivity contribution is 0.402. The number of hydrogen-bond acceptors (Lipinski definition) is 1. The van der Waals surface area contributed by atoms with Gasteiger partial charge in [-0.2, -0.15) is 0 Å². The van der Waals surface area contributed by atoms with Crippen LogP contribution in [-0.2, 0) is 0 Å². The van der Waals surface area contributed by atoms with E-state index >= 15 is 0 Å². The molecule has 21 heavy (non-hydrogen) atoms. The Balaban J connectivity index is 1.98. The minimum Gasteiger partial charge on any atom is -0.316 e. The van der Waals surface area contributed by atoms with Crippen molar-refractivity contribution in [2.45, 2.75) is 25.2 Å². The maximum Gasteiger partial charge on any atom is 0.123 e. The van der Waals surface area contributed by atoms with Crippen molar-refractivity contribution in [1.82, 2.24) is 5.32 Å². The second kappa shape index (κ2) is 6.29. The molecule has 0 bridgehead atoms. The van der Waals surface area contributed by atoms with Crippen LogP contribution in [0.4, 0.5) is 4.39 Å². The topological polar surface area (TPSA) is 12.0 Å². The molecule has 1 N–H and O–H groups in total. The second-order valence-corrected chi connectivity index (χ2v) is 6.64. The Morgan fingerprint density at radius 1 is 1.10 bits per heavy atom. The fourth-order valence-corrected chi connectivity index (χ4v) is 3.73. The molecule has 1 aliphatic heterocycles. The molecule has 0 spiro atoms. The van der Waals surface area contributed by atoms with E-state index < -0.39 is 0 Å². The Morgan fingerprint density at radius 3 is 2.62 bits per heavy atom. The first-order valence-electron chi connectivity index (χ1n) is 7.37. The van der Waals surface area contributed by atoms with Gasteiger partial charge in [-0.25, -0.2) is 4.39 Å². The molecule has 2 aromatic rings. The summed E-state index contributed by atoms with van der Waals surface area (Å²) in [6.45, 7) is 4.02. The molecule has 1 saturated heterocycles. The Labute approximate surface area is 133 Å². The SMILES string of the molecule is Cc1ccc(C2CNCCC2c2cc(F)ccc2Br)cc1. The minimum atomic E-state index is -0.158. The van der Waals surface area contributed by atoms with Gasteiger partial charge in [-0.05, 0) is 55.1 Å². The number of halogens is 2. The van der Waals surface area contributed by atoms with Gasteiger partial charge in [-0.3, -0.25) is 0 Å². The molecule has 0 amide bonds. The summed E-state index contributed by atoms with van der Waals surface area (Å²) in [5.74, 6) is 0.575. The molecule has 1 aliphatic rings. The van der Waals surface area contributed by atoms with Crippen molar-refractivity contribution < 1.29 is 4.39 Å². The lowest BCUT2D eigenvalue weighted by Crippen LogP contribution is -2.34. The third-order valence-electron chi connectivity index (χ3n) is 4.35. The minimum absolute atomic E-state index is 0.158. The number of nitrogens with one attached hydrogen (secondary N) is 1. The van der Waals surface area contributed by atoms with Gasteiger partial charge in [-0.1, -0.05) is 45.8 Å². The van der Waals surface area contributed by atoms with Crippen LogP contribution in [0.15, 0.2) is 46.9 Å². The van der Waals surface area contributed by atoms with Crippen LogP contribution in [0.2, 0.25) is 0 Å². The molecule has 0 aromatic heterocycles. The van der Waals surface area contributed by atoms with Gasteiger partial charge in [0.2, 0.25) is 0 Å². The maximum atomic E-state index is 13.6. The quantitative estimate of drug-likeness (QED) is 0.825. The van der Waals surface area contributed by atoms with E-state index in [1.807, 2.05) is 6.07 Å². The van der Waals surface area contributed by atoms with Crippen LogP contribution < -0.4 is 5.32 Å². The van der Waals surface area contributed by atoms with E-state index in [4.69, 9.17) is 0 Å². The zero-order chi connectivity index (χ0) is 14.8. The highest BCUT2D eigenvalue weighted by Gasteiger charge is 2.29. The van der Waals surface area contributed by atoms with Crippen molar-refractivity contribution in [2.75, 3.05) is 13.1 Å². The van der Waals surface area contributed by atoms with Crippen LogP contribution in [0.1, 0.15) is 34.9 Å². The molecule has 110 valence electrons. The summed E-state index contributed by atoms with van der Waals surface area (Å²) in [4.78, 5) is 0. The molecular formula is C18H19BrFN. The first-order chi connectivity index (χ1) is 10.1. The second-order valence-electron chi connectivity index (χ2n) is 5.78. The highest BCUT2D eigenvalue weighted by molar-refractivity contribution is 9.10. The van der Waals surface area contributed by atoms with Gasteiger partial charge in [0.15, 0.2) is 0 Å². The summed E-state index contributed by atoms with van der Waals surface area (Å²) in [6, 6.07) is 13.7. The van der Waals surface area contributed by atoms with Crippen LogP contribution in [0.5, 0.6) is 0 Å². The van der Waals surface area contributed by atoms with E-state index in [9.17, 15) is 4.39 Å². The predicted octanol–water partition coefficient (Wildman–Crippen LogP) is 4.76. The van der Waals surface area contributed by atoms with Crippen molar-refractivity contribution in [2.24, 2.45) is 0 Å². The van der Waals surface area contributed by atoms with Gasteiger partial charge in [-0.15, -0.1) is 0 Å². The number of aryl methyl sites for hydroxylation is 1.